The van der Waals surface area contributed by atoms with Crippen LogP contribution in [-0.2, 0) is 14.3 Å². The van der Waals surface area contributed by atoms with Crippen LogP contribution in [0.15, 0.2) is 47.5 Å². The highest BCUT2D eigenvalue weighted by Gasteiger charge is 2.37. The van der Waals surface area contributed by atoms with Gasteiger partial charge in [-0.25, -0.2) is 0 Å². The van der Waals surface area contributed by atoms with Gasteiger partial charge in [0.05, 0.1) is 18.1 Å². The number of imide groups is 1. The third-order valence-corrected chi connectivity index (χ3v) is 4.85. The van der Waals surface area contributed by atoms with Gasteiger partial charge < -0.3 is 14.0 Å². The number of hydrogen-bond donors (Lipinski definition) is 0. The average molecular weight is 400 g/mol. The lowest BCUT2D eigenvalue weighted by Gasteiger charge is -2.13. The summed E-state index contributed by atoms with van der Waals surface area (Å²) in [7, 11) is 1.60. The molecule has 1 aromatic heterocycles. The van der Waals surface area contributed by atoms with Crippen molar-refractivity contribution >= 4 is 35.0 Å². The van der Waals surface area contributed by atoms with Gasteiger partial charge in [-0.05, 0) is 68.1 Å². The zero-order valence-corrected chi connectivity index (χ0v) is 16.6. The van der Waals surface area contributed by atoms with E-state index >= 15 is 0 Å². The number of hydrogen-bond acceptors (Lipinski definition) is 6. The van der Waals surface area contributed by atoms with E-state index < -0.39 is 17.1 Å². The molecule has 2 aromatic rings. The fourth-order valence-corrected chi connectivity index (χ4v) is 3.51. The first-order valence-electron chi connectivity index (χ1n) is 8.65. The second-order valence-electron chi connectivity index (χ2n) is 6.31. The van der Waals surface area contributed by atoms with Crippen molar-refractivity contribution in [2.45, 2.75) is 20.0 Å². The first-order valence-corrected chi connectivity index (χ1v) is 9.47. The Hall–Kier alpha value is -3.00. The third kappa shape index (κ3) is 4.28. The number of thioether (sulfide) groups is 1. The van der Waals surface area contributed by atoms with Crippen molar-refractivity contribution in [1.29, 1.82) is 0 Å². The number of carbonyl (C=O) groups excluding carboxylic acids is 3. The van der Waals surface area contributed by atoms with Crippen LogP contribution in [0.25, 0.3) is 11.8 Å². The maximum absolute atomic E-state index is 12.6. The molecule has 146 valence electrons. The van der Waals surface area contributed by atoms with Gasteiger partial charge in [-0.3, -0.25) is 19.3 Å². The zero-order chi connectivity index (χ0) is 20.3. The summed E-state index contributed by atoms with van der Waals surface area (Å²) in [5.41, 5.74) is 1.62. The van der Waals surface area contributed by atoms with Gasteiger partial charge in [0.25, 0.3) is 11.1 Å². The lowest BCUT2D eigenvalue weighted by molar-refractivity contribution is -0.149. The topological polar surface area (TPSA) is 77.8 Å². The predicted molar refractivity (Wildman–Crippen MR) is 106 cm³/mol. The van der Waals surface area contributed by atoms with E-state index in [-0.39, 0.29) is 17.6 Å². The number of methoxy groups -OCH3 is 1. The molecule has 1 aromatic carbocycles. The molecule has 0 bridgehead atoms. The first kappa shape index (κ1) is 19.8. The molecule has 0 N–H and O–H groups in total. The number of nitrogens with zero attached hydrogens (tertiary/aromatic N) is 2. The molecule has 7 nitrogen and oxygen atoms in total. The number of esters is 1. The number of benzene rings is 1. The van der Waals surface area contributed by atoms with Gasteiger partial charge >= 0.3 is 5.97 Å². The second kappa shape index (κ2) is 8.35. The minimum absolute atomic E-state index is 0.260. The lowest BCUT2D eigenvalue weighted by Crippen LogP contribution is -2.35. The van der Waals surface area contributed by atoms with Crippen molar-refractivity contribution in [1.82, 2.24) is 9.47 Å². The van der Waals surface area contributed by atoms with E-state index in [1.807, 2.05) is 47.2 Å². The molecule has 2 heterocycles. The predicted octanol–water partition coefficient (Wildman–Crippen LogP) is 3.47. The Balaban J connectivity index is 1.81. The fraction of sp³-hybridized carbons (Fsp3) is 0.250. The summed E-state index contributed by atoms with van der Waals surface area (Å²) in [6.07, 6.45) is 3.19. The largest absolute Gasteiger partial charge is 0.497 e. The highest BCUT2D eigenvalue weighted by molar-refractivity contribution is 8.18. The first-order chi connectivity index (χ1) is 13.4. The van der Waals surface area contributed by atoms with Crippen molar-refractivity contribution in [3.63, 3.8) is 0 Å². The molecule has 1 saturated heterocycles. The van der Waals surface area contributed by atoms with Crippen LogP contribution in [0, 0.1) is 0 Å². The van der Waals surface area contributed by atoms with Crippen LogP contribution in [0.4, 0.5) is 4.79 Å². The molecular formula is C20H20N2O5S. The Morgan fingerprint density at radius 1 is 1.18 bits per heavy atom. The fourth-order valence-electron chi connectivity index (χ4n) is 2.69. The van der Waals surface area contributed by atoms with Crippen LogP contribution in [0.3, 0.4) is 0 Å². The monoisotopic (exact) mass is 400 g/mol. The van der Waals surface area contributed by atoms with Crippen LogP contribution >= 0.6 is 11.8 Å². The van der Waals surface area contributed by atoms with Crippen molar-refractivity contribution < 1.29 is 23.9 Å². The van der Waals surface area contributed by atoms with Gasteiger partial charge in [-0.2, -0.15) is 0 Å². The Kier molecular flexibility index (Phi) is 5.89. The molecule has 0 atom stereocenters. The third-order valence-electron chi connectivity index (χ3n) is 3.94. The standard InChI is InChI=1S/C20H20N2O5S/c1-13(2)27-18(23)12-22-19(24)17(28-20(22)25)11-15-5-4-10-21(15)14-6-8-16(26-3)9-7-14/h4-11,13H,12H2,1-3H3/b17-11+. The van der Waals surface area contributed by atoms with Gasteiger partial charge in [-0.15, -0.1) is 0 Å². The van der Waals surface area contributed by atoms with Crippen molar-refractivity contribution in [3.05, 3.63) is 53.2 Å². The van der Waals surface area contributed by atoms with Crippen LogP contribution in [-0.4, -0.2) is 46.3 Å². The van der Waals surface area contributed by atoms with Crippen LogP contribution in [0.1, 0.15) is 19.5 Å². The van der Waals surface area contributed by atoms with E-state index in [0.29, 0.717) is 0 Å². The zero-order valence-electron chi connectivity index (χ0n) is 15.7. The minimum Gasteiger partial charge on any atom is -0.497 e. The smallest absolute Gasteiger partial charge is 0.326 e. The molecule has 1 aliphatic rings. The summed E-state index contributed by atoms with van der Waals surface area (Å²) < 4.78 is 12.1. The quantitative estimate of drug-likeness (QED) is 0.546. The maximum atomic E-state index is 12.6. The normalized spacial score (nSPS) is 15.6. The molecule has 0 aliphatic carbocycles. The maximum Gasteiger partial charge on any atom is 0.326 e. The van der Waals surface area contributed by atoms with Gasteiger partial charge in [0, 0.05) is 17.6 Å². The number of carbonyl (C=O) groups is 3. The number of aromatic nitrogens is 1. The molecule has 8 heteroatoms. The van der Waals surface area contributed by atoms with Crippen LogP contribution in [0.2, 0.25) is 0 Å². The molecule has 1 fully saturated rings. The summed E-state index contributed by atoms with van der Waals surface area (Å²) in [4.78, 5) is 37.7. The Morgan fingerprint density at radius 3 is 2.54 bits per heavy atom. The molecule has 0 radical (unpaired) electrons. The van der Waals surface area contributed by atoms with Crippen molar-refractivity contribution in [2.24, 2.45) is 0 Å². The molecule has 0 saturated carbocycles. The summed E-state index contributed by atoms with van der Waals surface area (Å²) >= 11 is 0.808. The SMILES string of the molecule is COc1ccc(-n2cccc2/C=C2/SC(=O)N(CC(=O)OC(C)C)C2=O)cc1. The van der Waals surface area contributed by atoms with Crippen LogP contribution < -0.4 is 4.74 Å². The lowest BCUT2D eigenvalue weighted by atomic mass is 10.3. The molecule has 1 aliphatic heterocycles. The highest BCUT2D eigenvalue weighted by Crippen LogP contribution is 2.32. The van der Waals surface area contributed by atoms with E-state index in [9.17, 15) is 14.4 Å². The number of rotatable bonds is 6. The summed E-state index contributed by atoms with van der Waals surface area (Å²) in [5.74, 6) is -0.370. The number of ether oxygens (including phenoxy) is 2. The minimum atomic E-state index is -0.611. The van der Waals surface area contributed by atoms with Crippen LogP contribution in [0.5, 0.6) is 5.75 Å². The van der Waals surface area contributed by atoms with Gasteiger partial charge in [0.2, 0.25) is 0 Å². The molecule has 2 amide bonds. The van der Waals surface area contributed by atoms with Crippen molar-refractivity contribution in [3.8, 4) is 11.4 Å². The highest BCUT2D eigenvalue weighted by atomic mass is 32.2. The van der Waals surface area contributed by atoms with Gasteiger partial charge in [0.15, 0.2) is 0 Å². The Labute approximate surface area is 166 Å². The van der Waals surface area contributed by atoms with E-state index in [0.717, 1.165) is 33.8 Å². The van der Waals surface area contributed by atoms with E-state index in [1.54, 1.807) is 27.0 Å². The summed E-state index contributed by atoms with van der Waals surface area (Å²) in [6, 6.07) is 11.2. The summed E-state index contributed by atoms with van der Waals surface area (Å²) in [6.45, 7) is 3.03. The molecule has 28 heavy (non-hydrogen) atoms. The van der Waals surface area contributed by atoms with E-state index in [1.165, 1.54) is 0 Å². The Bertz CT molecular complexity index is 930. The summed E-state index contributed by atoms with van der Waals surface area (Å²) in [5, 5.41) is -0.487. The average Bonchev–Trinajstić information content (AvgIpc) is 3.21. The molecule has 3 rings (SSSR count). The Morgan fingerprint density at radius 2 is 1.89 bits per heavy atom. The molecule has 0 unspecified atom stereocenters. The number of amides is 2. The van der Waals surface area contributed by atoms with Gasteiger partial charge in [0.1, 0.15) is 12.3 Å². The van der Waals surface area contributed by atoms with E-state index in [4.69, 9.17) is 9.47 Å². The molecular weight excluding hydrogens is 380 g/mol. The van der Waals surface area contributed by atoms with Gasteiger partial charge in [-0.1, -0.05) is 0 Å². The molecule has 0 spiro atoms. The van der Waals surface area contributed by atoms with E-state index in [2.05, 4.69) is 0 Å². The van der Waals surface area contributed by atoms with Crippen molar-refractivity contribution in [2.75, 3.05) is 13.7 Å². The second-order valence-corrected chi connectivity index (χ2v) is 7.30.